The van der Waals surface area contributed by atoms with E-state index in [4.69, 9.17) is 5.11 Å². The van der Waals surface area contributed by atoms with Crippen molar-refractivity contribution in [2.45, 2.75) is 25.7 Å². The van der Waals surface area contributed by atoms with Crippen LogP contribution in [0.4, 0.5) is 0 Å². The molecule has 0 aromatic heterocycles. The van der Waals surface area contributed by atoms with Gasteiger partial charge < -0.3 is 5.11 Å². The van der Waals surface area contributed by atoms with Crippen molar-refractivity contribution in [2.75, 3.05) is 0 Å². The summed E-state index contributed by atoms with van der Waals surface area (Å²) in [5.41, 5.74) is 2.48. The van der Waals surface area contributed by atoms with Crippen molar-refractivity contribution >= 4 is 5.97 Å². The predicted molar refractivity (Wildman–Crippen MR) is 54.3 cm³/mol. The number of hydrogen-bond donors (Lipinski definition) is 1. The van der Waals surface area contributed by atoms with Crippen LogP contribution >= 0.6 is 0 Å². The van der Waals surface area contributed by atoms with E-state index in [1.54, 1.807) is 0 Å². The van der Waals surface area contributed by atoms with E-state index in [0.717, 1.165) is 12.8 Å². The summed E-state index contributed by atoms with van der Waals surface area (Å²) in [7, 11) is 0. The molecular formula is C12H14O2. The van der Waals surface area contributed by atoms with Gasteiger partial charge in [0.2, 0.25) is 0 Å². The van der Waals surface area contributed by atoms with Gasteiger partial charge in [0, 0.05) is 0 Å². The van der Waals surface area contributed by atoms with Crippen LogP contribution in [0.5, 0.6) is 0 Å². The minimum atomic E-state index is -0.656. The van der Waals surface area contributed by atoms with Crippen molar-refractivity contribution in [3.63, 3.8) is 0 Å². The van der Waals surface area contributed by atoms with Crippen LogP contribution in [-0.4, -0.2) is 11.1 Å². The molecule has 1 N–H and O–H groups in total. The van der Waals surface area contributed by atoms with E-state index in [2.05, 4.69) is 19.1 Å². The summed E-state index contributed by atoms with van der Waals surface area (Å²) in [6.07, 6.45) is 1.82. The summed E-state index contributed by atoms with van der Waals surface area (Å²) >= 11 is 0. The van der Waals surface area contributed by atoms with E-state index in [9.17, 15) is 4.79 Å². The van der Waals surface area contributed by atoms with E-state index < -0.39 is 5.97 Å². The average molecular weight is 190 g/mol. The third-order valence-electron chi connectivity index (χ3n) is 2.90. The molecule has 1 aliphatic rings. The zero-order valence-corrected chi connectivity index (χ0v) is 8.23. The van der Waals surface area contributed by atoms with E-state index in [0.29, 0.717) is 0 Å². The molecular weight excluding hydrogens is 176 g/mol. The van der Waals surface area contributed by atoms with Crippen LogP contribution in [0.25, 0.3) is 0 Å². The first kappa shape index (κ1) is 9.25. The van der Waals surface area contributed by atoms with Gasteiger partial charge in [-0.3, -0.25) is 4.79 Å². The largest absolute Gasteiger partial charge is 0.481 e. The number of benzene rings is 1. The summed E-state index contributed by atoms with van der Waals surface area (Å²) in [6, 6.07) is 8.27. The summed E-state index contributed by atoms with van der Waals surface area (Å²) < 4.78 is 0. The molecule has 0 saturated heterocycles. The lowest BCUT2D eigenvalue weighted by Crippen LogP contribution is -1.99. The summed E-state index contributed by atoms with van der Waals surface area (Å²) in [6.45, 7) is 2.11. The van der Waals surface area contributed by atoms with E-state index in [-0.39, 0.29) is 11.8 Å². The predicted octanol–water partition coefficient (Wildman–Crippen LogP) is 2.44. The second-order valence-corrected chi connectivity index (χ2v) is 3.89. The molecule has 1 saturated carbocycles. The third-order valence-corrected chi connectivity index (χ3v) is 2.90. The van der Waals surface area contributed by atoms with Gasteiger partial charge in [-0.15, -0.1) is 0 Å². The Morgan fingerprint density at radius 3 is 2.93 bits per heavy atom. The summed E-state index contributed by atoms with van der Waals surface area (Å²) in [4.78, 5) is 10.7. The Labute approximate surface area is 83.6 Å². The van der Waals surface area contributed by atoms with Crippen molar-refractivity contribution in [2.24, 2.45) is 5.92 Å². The Hall–Kier alpha value is -1.31. The standard InChI is InChI=1S/C12H14O2/c1-2-8-4-3-5-9(6-8)10-7-11(10)12(13)14/h3-6,10-11H,2,7H2,1H3,(H,13,14). The molecule has 2 unspecified atom stereocenters. The quantitative estimate of drug-likeness (QED) is 0.794. The fraction of sp³-hybridized carbons (Fsp3) is 0.417. The van der Waals surface area contributed by atoms with Gasteiger partial charge in [0.05, 0.1) is 5.92 Å². The molecule has 2 rings (SSSR count). The molecule has 2 atom stereocenters. The molecule has 14 heavy (non-hydrogen) atoms. The molecule has 0 amide bonds. The van der Waals surface area contributed by atoms with Crippen LogP contribution in [0.2, 0.25) is 0 Å². The molecule has 2 nitrogen and oxygen atoms in total. The van der Waals surface area contributed by atoms with Gasteiger partial charge in [-0.25, -0.2) is 0 Å². The van der Waals surface area contributed by atoms with Gasteiger partial charge in [-0.05, 0) is 29.9 Å². The molecule has 74 valence electrons. The third kappa shape index (κ3) is 1.65. The molecule has 1 aromatic carbocycles. The first-order valence-electron chi connectivity index (χ1n) is 5.04. The fourth-order valence-corrected chi connectivity index (χ4v) is 1.88. The van der Waals surface area contributed by atoms with Crippen LogP contribution in [0.3, 0.4) is 0 Å². The Morgan fingerprint density at radius 1 is 1.57 bits per heavy atom. The monoisotopic (exact) mass is 190 g/mol. The number of aryl methyl sites for hydroxylation is 1. The minimum absolute atomic E-state index is 0.137. The normalized spacial score (nSPS) is 24.6. The fourth-order valence-electron chi connectivity index (χ4n) is 1.88. The van der Waals surface area contributed by atoms with Crippen molar-refractivity contribution in [1.29, 1.82) is 0 Å². The first-order valence-corrected chi connectivity index (χ1v) is 5.04. The molecule has 0 spiro atoms. The molecule has 1 aromatic rings. The molecule has 1 fully saturated rings. The Kier molecular flexibility index (Phi) is 2.28. The van der Waals surface area contributed by atoms with Gasteiger partial charge in [-0.2, -0.15) is 0 Å². The highest BCUT2D eigenvalue weighted by Crippen LogP contribution is 2.47. The van der Waals surface area contributed by atoms with Gasteiger partial charge in [0.1, 0.15) is 0 Å². The maximum Gasteiger partial charge on any atom is 0.307 e. The number of rotatable bonds is 3. The maximum atomic E-state index is 10.7. The minimum Gasteiger partial charge on any atom is -0.481 e. The lowest BCUT2D eigenvalue weighted by atomic mass is 10.0. The highest BCUT2D eigenvalue weighted by molar-refractivity contribution is 5.75. The van der Waals surface area contributed by atoms with Crippen LogP contribution < -0.4 is 0 Å². The van der Waals surface area contributed by atoms with Crippen LogP contribution in [0, 0.1) is 5.92 Å². The smallest absolute Gasteiger partial charge is 0.307 e. The Balaban J connectivity index is 2.15. The zero-order chi connectivity index (χ0) is 10.1. The van der Waals surface area contributed by atoms with Crippen molar-refractivity contribution in [3.8, 4) is 0 Å². The molecule has 0 heterocycles. The highest BCUT2D eigenvalue weighted by Gasteiger charge is 2.44. The van der Waals surface area contributed by atoms with Gasteiger partial charge in [-0.1, -0.05) is 31.2 Å². The molecule has 1 aliphatic carbocycles. The zero-order valence-electron chi connectivity index (χ0n) is 8.23. The van der Waals surface area contributed by atoms with Gasteiger partial charge in [0.25, 0.3) is 0 Å². The maximum absolute atomic E-state index is 10.7. The number of carbonyl (C=O) groups is 1. The SMILES string of the molecule is CCc1cccc(C2CC2C(=O)O)c1. The summed E-state index contributed by atoms with van der Waals surface area (Å²) in [5, 5.41) is 8.81. The molecule has 2 heteroatoms. The topological polar surface area (TPSA) is 37.3 Å². The number of hydrogen-bond acceptors (Lipinski definition) is 1. The summed E-state index contributed by atoms with van der Waals surface area (Å²) in [5.74, 6) is -0.530. The number of carboxylic acid groups (broad SMARTS) is 1. The average Bonchev–Trinajstić information content (AvgIpc) is 2.97. The van der Waals surface area contributed by atoms with Crippen LogP contribution in [-0.2, 0) is 11.2 Å². The van der Waals surface area contributed by atoms with E-state index >= 15 is 0 Å². The second-order valence-electron chi connectivity index (χ2n) is 3.89. The lowest BCUT2D eigenvalue weighted by Gasteiger charge is -2.01. The number of carboxylic acids is 1. The van der Waals surface area contributed by atoms with Crippen molar-refractivity contribution in [3.05, 3.63) is 35.4 Å². The molecule has 0 bridgehead atoms. The molecule has 0 radical (unpaired) electrons. The Bertz CT molecular complexity index is 357. The van der Waals surface area contributed by atoms with Crippen LogP contribution in [0.15, 0.2) is 24.3 Å². The number of aliphatic carboxylic acids is 1. The van der Waals surface area contributed by atoms with Crippen LogP contribution in [0.1, 0.15) is 30.4 Å². The molecule has 0 aliphatic heterocycles. The van der Waals surface area contributed by atoms with E-state index in [1.807, 2.05) is 12.1 Å². The van der Waals surface area contributed by atoms with Gasteiger partial charge in [0.15, 0.2) is 0 Å². The first-order chi connectivity index (χ1) is 6.72. The highest BCUT2D eigenvalue weighted by atomic mass is 16.4. The van der Waals surface area contributed by atoms with E-state index in [1.165, 1.54) is 11.1 Å². The van der Waals surface area contributed by atoms with Gasteiger partial charge >= 0.3 is 5.97 Å². The van der Waals surface area contributed by atoms with Crippen molar-refractivity contribution < 1.29 is 9.90 Å². The second kappa shape index (κ2) is 3.45. The Morgan fingerprint density at radius 2 is 2.36 bits per heavy atom. The van der Waals surface area contributed by atoms with Crippen molar-refractivity contribution in [1.82, 2.24) is 0 Å². The lowest BCUT2D eigenvalue weighted by molar-refractivity contribution is -0.138.